The third-order valence-electron chi connectivity index (χ3n) is 5.58. The van der Waals surface area contributed by atoms with Gasteiger partial charge in [-0.1, -0.05) is 37.3 Å². The molecule has 1 aromatic heterocycles. The van der Waals surface area contributed by atoms with Crippen molar-refractivity contribution in [3.05, 3.63) is 65.0 Å². The van der Waals surface area contributed by atoms with Crippen molar-refractivity contribution in [2.75, 3.05) is 31.1 Å². The van der Waals surface area contributed by atoms with Gasteiger partial charge in [-0.25, -0.2) is 4.98 Å². The predicted molar refractivity (Wildman–Crippen MR) is 122 cm³/mol. The summed E-state index contributed by atoms with van der Waals surface area (Å²) >= 11 is 0. The molecule has 1 saturated heterocycles. The molecule has 162 valence electrons. The summed E-state index contributed by atoms with van der Waals surface area (Å²) in [5, 5.41) is 0. The topological polar surface area (TPSA) is 67.7 Å². The number of ether oxygens (including phenoxy) is 1. The molecule has 0 radical (unpaired) electrons. The number of rotatable bonds is 6. The number of aryl methyl sites for hydroxylation is 1. The fraction of sp³-hybridized carbons (Fsp3) is 0.375. The van der Waals surface area contributed by atoms with Crippen molar-refractivity contribution in [1.29, 1.82) is 0 Å². The molecule has 1 amide bonds. The van der Waals surface area contributed by atoms with Crippen LogP contribution >= 0.6 is 0 Å². The van der Waals surface area contributed by atoms with Gasteiger partial charge in [0, 0.05) is 32.7 Å². The summed E-state index contributed by atoms with van der Waals surface area (Å²) < 4.78 is 7.59. The third-order valence-corrected chi connectivity index (χ3v) is 5.58. The number of carbonyl (C=O) groups excluding carboxylic acids is 1. The maximum Gasteiger partial charge on any atom is 0.294 e. The fourth-order valence-corrected chi connectivity index (χ4v) is 3.98. The maximum atomic E-state index is 13.2. The Balaban J connectivity index is 1.47. The second kappa shape index (κ2) is 9.20. The molecule has 0 bridgehead atoms. The van der Waals surface area contributed by atoms with Gasteiger partial charge < -0.3 is 19.1 Å². The first-order valence-electron chi connectivity index (χ1n) is 10.8. The van der Waals surface area contributed by atoms with Gasteiger partial charge in [0.05, 0.1) is 11.0 Å². The molecule has 1 atom stereocenters. The lowest BCUT2D eigenvalue weighted by atomic mass is 10.2. The van der Waals surface area contributed by atoms with Gasteiger partial charge >= 0.3 is 0 Å². The van der Waals surface area contributed by atoms with Gasteiger partial charge in [-0.05, 0) is 37.6 Å². The van der Waals surface area contributed by atoms with Crippen molar-refractivity contribution in [3.63, 3.8) is 0 Å². The molecule has 31 heavy (non-hydrogen) atoms. The molecule has 0 aliphatic carbocycles. The Hall–Kier alpha value is -3.35. The van der Waals surface area contributed by atoms with E-state index < -0.39 is 6.10 Å². The lowest BCUT2D eigenvalue weighted by Gasteiger charge is -2.36. The zero-order valence-corrected chi connectivity index (χ0v) is 18.0. The van der Waals surface area contributed by atoms with Crippen molar-refractivity contribution < 1.29 is 9.53 Å². The van der Waals surface area contributed by atoms with Crippen LogP contribution in [-0.2, 0) is 11.3 Å². The number of benzene rings is 2. The Morgan fingerprint density at radius 2 is 1.71 bits per heavy atom. The molecule has 7 nitrogen and oxygen atoms in total. The number of para-hydroxylation sites is 3. The number of anilines is 1. The van der Waals surface area contributed by atoms with Crippen LogP contribution in [0.4, 0.5) is 5.82 Å². The van der Waals surface area contributed by atoms with Crippen LogP contribution in [0.3, 0.4) is 0 Å². The SMILES string of the molecule is CCCn1c(=O)c(N2CCN(C(=O)C(C)Oc3ccccc3)CC2)nc2ccccc21. The van der Waals surface area contributed by atoms with Crippen LogP contribution in [0, 0.1) is 0 Å². The van der Waals surface area contributed by atoms with E-state index in [2.05, 4.69) is 11.9 Å². The predicted octanol–water partition coefficient (Wildman–Crippen LogP) is 2.92. The second-order valence-electron chi connectivity index (χ2n) is 7.77. The Bertz CT molecular complexity index is 1100. The summed E-state index contributed by atoms with van der Waals surface area (Å²) in [5.74, 6) is 1.10. The lowest BCUT2D eigenvalue weighted by Crippen LogP contribution is -2.53. The number of amides is 1. The van der Waals surface area contributed by atoms with Crippen LogP contribution in [0.2, 0.25) is 0 Å². The highest BCUT2D eigenvalue weighted by molar-refractivity contribution is 5.81. The highest BCUT2D eigenvalue weighted by atomic mass is 16.5. The first kappa shape index (κ1) is 20.9. The fourth-order valence-electron chi connectivity index (χ4n) is 3.98. The van der Waals surface area contributed by atoms with E-state index in [0.29, 0.717) is 44.3 Å². The summed E-state index contributed by atoms with van der Waals surface area (Å²) in [6, 6.07) is 17.1. The van der Waals surface area contributed by atoms with Crippen LogP contribution in [0.5, 0.6) is 5.75 Å². The Kier molecular flexibility index (Phi) is 6.21. The molecule has 1 fully saturated rings. The lowest BCUT2D eigenvalue weighted by molar-refractivity contribution is -0.138. The molecule has 2 heterocycles. The van der Waals surface area contributed by atoms with Gasteiger partial charge in [0.15, 0.2) is 11.9 Å². The van der Waals surface area contributed by atoms with Crippen molar-refractivity contribution in [3.8, 4) is 5.75 Å². The van der Waals surface area contributed by atoms with E-state index >= 15 is 0 Å². The minimum Gasteiger partial charge on any atom is -0.481 e. The van der Waals surface area contributed by atoms with Gasteiger partial charge in [-0.15, -0.1) is 0 Å². The Labute approximate surface area is 181 Å². The molecular weight excluding hydrogens is 392 g/mol. The largest absolute Gasteiger partial charge is 0.481 e. The van der Waals surface area contributed by atoms with E-state index in [-0.39, 0.29) is 11.5 Å². The number of nitrogens with zero attached hydrogens (tertiary/aromatic N) is 4. The average molecular weight is 421 g/mol. The van der Waals surface area contributed by atoms with Crippen molar-refractivity contribution in [1.82, 2.24) is 14.5 Å². The summed E-state index contributed by atoms with van der Waals surface area (Å²) in [5.41, 5.74) is 1.61. The summed E-state index contributed by atoms with van der Waals surface area (Å²) in [7, 11) is 0. The number of hydrogen-bond donors (Lipinski definition) is 0. The third kappa shape index (κ3) is 4.40. The van der Waals surface area contributed by atoms with E-state index in [1.165, 1.54) is 0 Å². The minimum atomic E-state index is -0.561. The van der Waals surface area contributed by atoms with E-state index in [9.17, 15) is 9.59 Å². The maximum absolute atomic E-state index is 13.2. The quantitative estimate of drug-likeness (QED) is 0.613. The Morgan fingerprint density at radius 1 is 1.03 bits per heavy atom. The standard InChI is InChI=1S/C24H28N4O3/c1-3-13-28-21-12-8-7-11-20(21)25-22(24(28)30)26-14-16-27(17-15-26)23(29)18(2)31-19-9-5-4-6-10-19/h4-12,18H,3,13-17H2,1-2H3. The van der Waals surface area contributed by atoms with E-state index in [1.54, 1.807) is 11.8 Å². The van der Waals surface area contributed by atoms with Crippen LogP contribution < -0.4 is 15.2 Å². The molecule has 2 aromatic carbocycles. The summed E-state index contributed by atoms with van der Waals surface area (Å²) in [6.07, 6.45) is 0.309. The molecule has 7 heteroatoms. The highest BCUT2D eigenvalue weighted by Crippen LogP contribution is 2.18. The van der Waals surface area contributed by atoms with Crippen LogP contribution in [0.1, 0.15) is 20.3 Å². The molecular formula is C24H28N4O3. The summed E-state index contributed by atoms with van der Waals surface area (Å²) in [6.45, 7) is 6.68. The first-order valence-corrected chi connectivity index (χ1v) is 10.8. The monoisotopic (exact) mass is 420 g/mol. The van der Waals surface area contributed by atoms with Crippen molar-refractivity contribution >= 4 is 22.8 Å². The second-order valence-corrected chi connectivity index (χ2v) is 7.77. The normalized spacial score (nSPS) is 15.2. The van der Waals surface area contributed by atoms with E-state index in [1.807, 2.05) is 64.1 Å². The number of hydrogen-bond acceptors (Lipinski definition) is 5. The van der Waals surface area contributed by atoms with E-state index in [4.69, 9.17) is 4.74 Å². The smallest absolute Gasteiger partial charge is 0.294 e. The zero-order valence-electron chi connectivity index (χ0n) is 18.0. The molecule has 0 N–H and O–H groups in total. The minimum absolute atomic E-state index is 0.0432. The van der Waals surface area contributed by atoms with Gasteiger partial charge in [-0.3, -0.25) is 9.59 Å². The van der Waals surface area contributed by atoms with Gasteiger partial charge in [-0.2, -0.15) is 0 Å². The zero-order chi connectivity index (χ0) is 21.8. The van der Waals surface area contributed by atoms with Gasteiger partial charge in [0.2, 0.25) is 0 Å². The van der Waals surface area contributed by atoms with Gasteiger partial charge in [0.1, 0.15) is 5.75 Å². The van der Waals surface area contributed by atoms with Crippen molar-refractivity contribution in [2.45, 2.75) is 32.9 Å². The van der Waals surface area contributed by atoms with Gasteiger partial charge in [0.25, 0.3) is 11.5 Å². The number of aromatic nitrogens is 2. The number of piperazine rings is 1. The first-order chi connectivity index (χ1) is 15.1. The van der Waals surface area contributed by atoms with Crippen LogP contribution in [0.15, 0.2) is 59.4 Å². The molecule has 0 saturated carbocycles. The molecule has 1 unspecified atom stereocenters. The number of fused-ring (bicyclic) bond motifs is 1. The Morgan fingerprint density at radius 3 is 2.42 bits per heavy atom. The molecule has 1 aliphatic rings. The molecule has 1 aliphatic heterocycles. The van der Waals surface area contributed by atoms with Crippen LogP contribution in [0.25, 0.3) is 11.0 Å². The molecule has 4 rings (SSSR count). The van der Waals surface area contributed by atoms with Crippen LogP contribution in [-0.4, -0.2) is 52.6 Å². The summed E-state index contributed by atoms with van der Waals surface area (Å²) in [4.78, 5) is 34.4. The van der Waals surface area contributed by atoms with Crippen molar-refractivity contribution in [2.24, 2.45) is 0 Å². The number of carbonyl (C=O) groups is 1. The molecule has 3 aromatic rings. The molecule has 0 spiro atoms. The highest BCUT2D eigenvalue weighted by Gasteiger charge is 2.28. The average Bonchev–Trinajstić information content (AvgIpc) is 2.81. The van der Waals surface area contributed by atoms with E-state index in [0.717, 1.165) is 17.5 Å².